The summed E-state index contributed by atoms with van der Waals surface area (Å²) in [6.07, 6.45) is 6.25. The Kier molecular flexibility index (Phi) is 5.43. The summed E-state index contributed by atoms with van der Waals surface area (Å²) >= 11 is 1.97. The molecule has 2 unspecified atom stereocenters. The maximum absolute atomic E-state index is 9.47. The molecule has 0 radical (unpaired) electrons. The molecule has 2 rings (SSSR count). The van der Waals surface area contributed by atoms with Gasteiger partial charge in [-0.1, -0.05) is 13.8 Å². The first-order chi connectivity index (χ1) is 9.10. The van der Waals surface area contributed by atoms with E-state index in [1.807, 2.05) is 11.3 Å². The number of thiophene rings is 1. The average molecular weight is 281 g/mol. The van der Waals surface area contributed by atoms with E-state index in [2.05, 4.69) is 32.2 Å². The van der Waals surface area contributed by atoms with Crippen molar-refractivity contribution in [3.8, 4) is 0 Å². The number of hydrogen-bond donors (Lipinski definition) is 2. The smallest absolute Gasteiger partial charge is 0.0584 e. The Balaban J connectivity index is 1.98. The summed E-state index contributed by atoms with van der Waals surface area (Å²) in [5.41, 5.74) is 1.57. The first-order valence-electron chi connectivity index (χ1n) is 7.58. The van der Waals surface area contributed by atoms with Crippen molar-refractivity contribution in [2.24, 2.45) is 5.92 Å². The van der Waals surface area contributed by atoms with Crippen LogP contribution in [0.3, 0.4) is 0 Å². The third kappa shape index (κ3) is 4.04. The fourth-order valence-corrected chi connectivity index (χ4v) is 4.20. The van der Waals surface area contributed by atoms with E-state index in [-0.39, 0.29) is 12.6 Å². The predicted octanol–water partition coefficient (Wildman–Crippen LogP) is 3.68. The minimum atomic E-state index is 0.217. The van der Waals surface area contributed by atoms with Gasteiger partial charge < -0.3 is 10.4 Å². The van der Waals surface area contributed by atoms with Crippen molar-refractivity contribution in [3.63, 3.8) is 0 Å². The highest BCUT2D eigenvalue weighted by Gasteiger charge is 2.19. The van der Waals surface area contributed by atoms with Crippen molar-refractivity contribution in [2.75, 3.05) is 6.61 Å². The van der Waals surface area contributed by atoms with Crippen LogP contribution in [0.5, 0.6) is 0 Å². The molecule has 0 fully saturated rings. The molecule has 0 aromatic carbocycles. The highest BCUT2D eigenvalue weighted by Crippen LogP contribution is 2.33. The lowest BCUT2D eigenvalue weighted by molar-refractivity contribution is 0.216. The van der Waals surface area contributed by atoms with Gasteiger partial charge in [0.15, 0.2) is 0 Å². The maximum Gasteiger partial charge on any atom is 0.0584 e. The van der Waals surface area contributed by atoms with Crippen molar-refractivity contribution >= 4 is 11.3 Å². The quantitative estimate of drug-likeness (QED) is 0.833. The molecule has 0 saturated carbocycles. The number of nitrogens with one attached hydrogen (secondary N) is 1. The molecule has 1 aromatic rings. The van der Waals surface area contributed by atoms with Gasteiger partial charge in [0.2, 0.25) is 0 Å². The van der Waals surface area contributed by atoms with Crippen LogP contribution in [0.1, 0.15) is 61.4 Å². The van der Waals surface area contributed by atoms with Crippen LogP contribution in [-0.2, 0) is 12.8 Å². The van der Waals surface area contributed by atoms with Gasteiger partial charge in [-0.2, -0.15) is 0 Å². The average Bonchev–Trinajstić information content (AvgIpc) is 2.81. The number of fused-ring (bicyclic) bond motifs is 1. The van der Waals surface area contributed by atoms with E-state index in [0.717, 1.165) is 6.42 Å². The van der Waals surface area contributed by atoms with Crippen LogP contribution in [0, 0.1) is 5.92 Å². The number of hydrogen-bond acceptors (Lipinski definition) is 3. The molecule has 1 aromatic heterocycles. The summed E-state index contributed by atoms with van der Waals surface area (Å²) in [5, 5.41) is 13.1. The summed E-state index contributed by atoms with van der Waals surface area (Å²) in [6, 6.07) is 2.96. The standard InChI is InChI=1S/C16H27NOS/c1-11(2)8-14(10-18)17-12(3)16-9-13-6-4-5-7-15(13)19-16/h9,11-12,14,17-18H,4-8,10H2,1-3H3. The van der Waals surface area contributed by atoms with Crippen LogP contribution in [0.2, 0.25) is 0 Å². The molecular weight excluding hydrogens is 254 g/mol. The third-order valence-electron chi connectivity index (χ3n) is 3.90. The second-order valence-corrected chi connectivity index (χ2v) is 7.37. The zero-order valence-corrected chi connectivity index (χ0v) is 13.2. The van der Waals surface area contributed by atoms with Gasteiger partial charge in [-0.25, -0.2) is 0 Å². The number of aliphatic hydroxyl groups is 1. The second-order valence-electron chi connectivity index (χ2n) is 6.20. The lowest BCUT2D eigenvalue weighted by Gasteiger charge is -2.22. The van der Waals surface area contributed by atoms with E-state index in [0.29, 0.717) is 12.0 Å². The normalized spacial score (nSPS) is 18.4. The van der Waals surface area contributed by atoms with Crippen LogP contribution in [0.15, 0.2) is 6.07 Å². The van der Waals surface area contributed by atoms with Crippen molar-refractivity contribution < 1.29 is 5.11 Å². The predicted molar refractivity (Wildman–Crippen MR) is 82.8 cm³/mol. The molecule has 2 atom stereocenters. The first-order valence-corrected chi connectivity index (χ1v) is 8.40. The van der Waals surface area contributed by atoms with Gasteiger partial charge in [-0.05, 0) is 56.6 Å². The summed E-state index contributed by atoms with van der Waals surface area (Å²) in [4.78, 5) is 3.04. The van der Waals surface area contributed by atoms with Gasteiger partial charge in [0.05, 0.1) is 6.61 Å². The SMILES string of the molecule is CC(C)CC(CO)NC(C)c1cc2c(s1)CCCC2. The molecule has 2 nitrogen and oxygen atoms in total. The van der Waals surface area contributed by atoms with Crippen molar-refractivity contribution in [1.29, 1.82) is 0 Å². The Morgan fingerprint density at radius 1 is 1.26 bits per heavy atom. The Morgan fingerprint density at radius 3 is 2.63 bits per heavy atom. The van der Waals surface area contributed by atoms with E-state index in [4.69, 9.17) is 0 Å². The Hall–Kier alpha value is -0.380. The Morgan fingerprint density at radius 2 is 2.00 bits per heavy atom. The Bertz CT molecular complexity index is 376. The van der Waals surface area contributed by atoms with Crippen LogP contribution < -0.4 is 5.32 Å². The van der Waals surface area contributed by atoms with E-state index in [1.165, 1.54) is 30.6 Å². The highest BCUT2D eigenvalue weighted by atomic mass is 32.1. The van der Waals surface area contributed by atoms with Gasteiger partial charge in [0.1, 0.15) is 0 Å². The molecule has 3 heteroatoms. The third-order valence-corrected chi connectivity index (χ3v) is 5.32. The van der Waals surface area contributed by atoms with Crippen molar-refractivity contribution in [1.82, 2.24) is 5.32 Å². The van der Waals surface area contributed by atoms with Crippen LogP contribution in [-0.4, -0.2) is 17.8 Å². The molecule has 1 aliphatic carbocycles. The molecule has 2 N–H and O–H groups in total. The van der Waals surface area contributed by atoms with Gasteiger partial charge in [-0.15, -0.1) is 11.3 Å². The zero-order valence-electron chi connectivity index (χ0n) is 12.4. The molecule has 0 bridgehead atoms. The molecule has 108 valence electrons. The van der Waals surface area contributed by atoms with E-state index in [1.54, 1.807) is 10.4 Å². The molecule has 1 aliphatic rings. The summed E-state index contributed by atoms with van der Waals surface area (Å²) < 4.78 is 0. The maximum atomic E-state index is 9.47. The molecule has 19 heavy (non-hydrogen) atoms. The van der Waals surface area contributed by atoms with E-state index in [9.17, 15) is 5.11 Å². The van der Waals surface area contributed by atoms with Crippen LogP contribution >= 0.6 is 11.3 Å². The topological polar surface area (TPSA) is 32.3 Å². The Labute approximate surface area is 121 Å². The zero-order chi connectivity index (χ0) is 13.8. The number of aryl methyl sites for hydroxylation is 2. The lowest BCUT2D eigenvalue weighted by Crippen LogP contribution is -2.35. The minimum absolute atomic E-state index is 0.217. The molecule has 0 saturated heterocycles. The number of rotatable bonds is 6. The monoisotopic (exact) mass is 281 g/mol. The van der Waals surface area contributed by atoms with Crippen molar-refractivity contribution in [3.05, 3.63) is 21.4 Å². The summed E-state index contributed by atoms with van der Waals surface area (Å²) in [5.74, 6) is 0.619. The van der Waals surface area contributed by atoms with Gasteiger partial charge in [0.25, 0.3) is 0 Å². The van der Waals surface area contributed by atoms with E-state index < -0.39 is 0 Å². The number of aliphatic hydroxyl groups excluding tert-OH is 1. The van der Waals surface area contributed by atoms with Gasteiger partial charge in [0, 0.05) is 21.8 Å². The summed E-state index contributed by atoms with van der Waals surface area (Å²) in [7, 11) is 0. The van der Waals surface area contributed by atoms with Crippen LogP contribution in [0.25, 0.3) is 0 Å². The second kappa shape index (κ2) is 6.87. The first kappa shape index (κ1) is 15.0. The van der Waals surface area contributed by atoms with Gasteiger partial charge in [-0.3, -0.25) is 0 Å². The molecule has 1 heterocycles. The van der Waals surface area contributed by atoms with Crippen molar-refractivity contribution in [2.45, 2.75) is 65.0 Å². The fourth-order valence-electron chi connectivity index (χ4n) is 2.93. The summed E-state index contributed by atoms with van der Waals surface area (Å²) in [6.45, 7) is 6.87. The fraction of sp³-hybridized carbons (Fsp3) is 0.750. The van der Waals surface area contributed by atoms with Crippen LogP contribution in [0.4, 0.5) is 0 Å². The van der Waals surface area contributed by atoms with Gasteiger partial charge >= 0.3 is 0 Å². The molecule has 0 amide bonds. The molecule has 0 spiro atoms. The molecular formula is C16H27NOS. The largest absolute Gasteiger partial charge is 0.395 e. The minimum Gasteiger partial charge on any atom is -0.395 e. The lowest BCUT2D eigenvalue weighted by atomic mass is 9.98. The molecule has 0 aliphatic heterocycles. The highest BCUT2D eigenvalue weighted by molar-refractivity contribution is 7.12. The van der Waals surface area contributed by atoms with E-state index >= 15 is 0 Å².